The van der Waals surface area contributed by atoms with E-state index in [4.69, 9.17) is 0 Å². The Morgan fingerprint density at radius 2 is 1.75 bits per heavy atom. The minimum Gasteiger partial charge on any atom is -0.329 e. The highest BCUT2D eigenvalue weighted by Gasteiger charge is 2.25. The van der Waals surface area contributed by atoms with Crippen LogP contribution in [0.4, 0.5) is 13.6 Å². The molecule has 0 aliphatic carbocycles. The summed E-state index contributed by atoms with van der Waals surface area (Å²) in [5, 5.41) is 8.05. The number of fused-ring (bicyclic) bond motifs is 1. The number of amides is 2. The van der Waals surface area contributed by atoms with Crippen LogP contribution >= 0.6 is 0 Å². The Kier molecular flexibility index (Phi) is 7.31. The fraction of sp³-hybridized carbons (Fsp3) is 0.138. The van der Waals surface area contributed by atoms with E-state index in [1.165, 1.54) is 12.3 Å². The molecule has 2 aromatic heterocycles. The Labute approximate surface area is 229 Å². The average Bonchev–Trinajstić information content (AvgIpc) is 3.27. The normalized spacial score (nSPS) is 12.3. The predicted octanol–water partition coefficient (Wildman–Crippen LogP) is 5.19. The predicted molar refractivity (Wildman–Crippen MR) is 147 cm³/mol. The molecule has 40 heavy (non-hydrogen) atoms. The van der Waals surface area contributed by atoms with Crippen molar-refractivity contribution in [1.29, 1.82) is 0 Å². The van der Waals surface area contributed by atoms with Gasteiger partial charge in [-0.15, -0.1) is 0 Å². The fourth-order valence-electron chi connectivity index (χ4n) is 4.65. The number of pyridine rings is 1. The highest BCUT2D eigenvalue weighted by molar-refractivity contribution is 7.90. The average molecular weight is 562 g/mol. The largest absolute Gasteiger partial charge is 0.329 e. The zero-order valence-corrected chi connectivity index (χ0v) is 22.4. The van der Waals surface area contributed by atoms with E-state index in [0.29, 0.717) is 16.8 Å². The number of halogens is 2. The number of benzene rings is 3. The van der Waals surface area contributed by atoms with Gasteiger partial charge in [-0.25, -0.2) is 26.7 Å². The number of rotatable bonds is 7. The van der Waals surface area contributed by atoms with Crippen LogP contribution in [-0.4, -0.2) is 29.2 Å². The van der Waals surface area contributed by atoms with Crippen molar-refractivity contribution in [3.8, 4) is 11.1 Å². The van der Waals surface area contributed by atoms with Crippen LogP contribution < -0.4 is 10.0 Å². The molecule has 204 valence electrons. The lowest BCUT2D eigenvalue weighted by Crippen LogP contribution is -2.42. The lowest BCUT2D eigenvalue weighted by Gasteiger charge is -2.22. The molecule has 1 atom stereocenters. The zero-order chi connectivity index (χ0) is 28.4. The number of carbonyl (C=O) groups excluding carboxylic acids is 1. The second kappa shape index (κ2) is 10.9. The molecule has 8 nitrogen and oxygen atoms in total. The van der Waals surface area contributed by atoms with E-state index in [0.717, 1.165) is 34.7 Å². The smallest absolute Gasteiger partial charge is 0.329 e. The minimum atomic E-state index is -4.20. The molecule has 11 heteroatoms. The third-order valence-electron chi connectivity index (χ3n) is 6.38. The Morgan fingerprint density at radius 1 is 1.00 bits per heavy atom. The van der Waals surface area contributed by atoms with Gasteiger partial charge in [0.1, 0.15) is 11.6 Å². The number of carbonyl (C=O) groups is 1. The first-order valence-electron chi connectivity index (χ1n) is 12.3. The molecule has 0 radical (unpaired) electrons. The van der Waals surface area contributed by atoms with Crippen LogP contribution in [0.5, 0.6) is 0 Å². The molecule has 0 spiro atoms. The molecule has 0 fully saturated rings. The van der Waals surface area contributed by atoms with E-state index < -0.39 is 33.7 Å². The molecule has 2 heterocycles. The fourth-order valence-corrected chi connectivity index (χ4v) is 5.81. The minimum absolute atomic E-state index is 0.0453. The summed E-state index contributed by atoms with van der Waals surface area (Å²) >= 11 is 0. The van der Waals surface area contributed by atoms with Crippen LogP contribution in [0, 0.1) is 18.6 Å². The van der Waals surface area contributed by atoms with Crippen molar-refractivity contribution in [2.75, 3.05) is 0 Å². The lowest BCUT2D eigenvalue weighted by molar-refractivity contribution is 0.242. The number of hydrogen-bond donors (Lipinski definition) is 2. The number of aryl methyl sites for hydroxylation is 2. The van der Waals surface area contributed by atoms with Crippen LogP contribution in [0.25, 0.3) is 22.0 Å². The number of urea groups is 1. The van der Waals surface area contributed by atoms with Gasteiger partial charge in [-0.1, -0.05) is 36.4 Å². The van der Waals surface area contributed by atoms with Crippen LogP contribution in [0.2, 0.25) is 0 Å². The second-order valence-corrected chi connectivity index (χ2v) is 11.0. The first-order chi connectivity index (χ1) is 19.1. The van der Waals surface area contributed by atoms with Gasteiger partial charge in [-0.2, -0.15) is 5.10 Å². The molecule has 0 saturated heterocycles. The maximum Gasteiger partial charge on any atom is 0.329 e. The van der Waals surface area contributed by atoms with Crippen LogP contribution in [0.1, 0.15) is 22.9 Å². The topological polar surface area (TPSA) is 106 Å². The van der Waals surface area contributed by atoms with Crippen molar-refractivity contribution in [2.24, 2.45) is 7.05 Å². The standard InChI is InChI=1S/C29H25F2N5O3S/c1-18-6-3-4-8-27(18)40(38,39)35-29(37)33-26(14-19-12-22(30)16-23(31)13-19)28-24(7-5-11-32-28)20-9-10-21-17-36(2)34-25(21)15-20/h3-13,15-17,26H,14H2,1-2H3,(H2,33,35,37). The first-order valence-corrected chi connectivity index (χ1v) is 13.8. The number of hydrogen-bond acceptors (Lipinski definition) is 5. The first kappa shape index (κ1) is 26.9. The van der Waals surface area contributed by atoms with Crippen LogP contribution in [-0.2, 0) is 23.5 Å². The Balaban J connectivity index is 1.53. The molecule has 0 aliphatic heterocycles. The van der Waals surface area contributed by atoms with Gasteiger partial charge in [0.05, 0.1) is 22.1 Å². The monoisotopic (exact) mass is 561 g/mol. The maximum absolute atomic E-state index is 14.0. The molecular formula is C29H25F2N5O3S. The quantitative estimate of drug-likeness (QED) is 0.284. The Bertz CT molecular complexity index is 1820. The van der Waals surface area contributed by atoms with Crippen molar-refractivity contribution in [3.63, 3.8) is 0 Å². The third-order valence-corrected chi connectivity index (χ3v) is 7.87. The van der Waals surface area contributed by atoms with Crippen molar-refractivity contribution in [2.45, 2.75) is 24.3 Å². The number of aromatic nitrogens is 3. The highest BCUT2D eigenvalue weighted by Crippen LogP contribution is 2.31. The molecule has 3 aromatic carbocycles. The van der Waals surface area contributed by atoms with Crippen molar-refractivity contribution < 1.29 is 22.0 Å². The summed E-state index contributed by atoms with van der Waals surface area (Å²) in [6.45, 7) is 1.62. The Hall–Kier alpha value is -4.64. The van der Waals surface area contributed by atoms with Crippen molar-refractivity contribution in [3.05, 3.63) is 114 Å². The van der Waals surface area contributed by atoms with E-state index in [1.807, 2.05) is 36.2 Å². The van der Waals surface area contributed by atoms with Gasteiger partial charge < -0.3 is 5.32 Å². The molecule has 5 aromatic rings. The molecule has 5 rings (SSSR count). The third kappa shape index (κ3) is 5.84. The Morgan fingerprint density at radius 3 is 2.50 bits per heavy atom. The van der Waals surface area contributed by atoms with E-state index in [1.54, 1.807) is 41.9 Å². The molecular weight excluding hydrogens is 536 g/mol. The van der Waals surface area contributed by atoms with Gasteiger partial charge in [0, 0.05) is 36.5 Å². The highest BCUT2D eigenvalue weighted by atomic mass is 32.2. The van der Waals surface area contributed by atoms with E-state index in [9.17, 15) is 22.0 Å². The van der Waals surface area contributed by atoms with Gasteiger partial charge >= 0.3 is 6.03 Å². The van der Waals surface area contributed by atoms with E-state index >= 15 is 0 Å². The summed E-state index contributed by atoms with van der Waals surface area (Å²) in [5.41, 5.74) is 3.23. The second-order valence-electron chi connectivity index (χ2n) is 9.39. The van der Waals surface area contributed by atoms with Gasteiger partial charge in [0.2, 0.25) is 0 Å². The molecule has 2 amide bonds. The summed E-state index contributed by atoms with van der Waals surface area (Å²) in [6.07, 6.45) is 3.34. The van der Waals surface area contributed by atoms with Gasteiger partial charge in [-0.3, -0.25) is 9.67 Å². The van der Waals surface area contributed by atoms with Crippen molar-refractivity contribution in [1.82, 2.24) is 24.8 Å². The molecule has 1 unspecified atom stereocenters. The van der Waals surface area contributed by atoms with Gasteiger partial charge in [0.15, 0.2) is 0 Å². The van der Waals surface area contributed by atoms with Crippen molar-refractivity contribution >= 4 is 27.0 Å². The molecule has 2 N–H and O–H groups in total. The number of nitrogens with zero attached hydrogens (tertiary/aromatic N) is 3. The summed E-state index contributed by atoms with van der Waals surface area (Å²) in [4.78, 5) is 17.5. The summed E-state index contributed by atoms with van der Waals surface area (Å²) in [7, 11) is -2.39. The van der Waals surface area contributed by atoms with Crippen LogP contribution in [0.15, 0.2) is 90.1 Å². The molecule has 0 saturated carbocycles. The van der Waals surface area contributed by atoms with Crippen LogP contribution in [0.3, 0.4) is 0 Å². The van der Waals surface area contributed by atoms with Gasteiger partial charge in [0.25, 0.3) is 10.0 Å². The van der Waals surface area contributed by atoms with E-state index in [-0.39, 0.29) is 16.9 Å². The number of nitrogens with one attached hydrogen (secondary N) is 2. The molecule has 0 bridgehead atoms. The SMILES string of the molecule is Cc1ccccc1S(=O)(=O)NC(=O)NC(Cc1cc(F)cc(F)c1)c1ncccc1-c1ccc2cn(C)nc2c1. The summed E-state index contributed by atoms with van der Waals surface area (Å²) < 4.78 is 57.7. The summed E-state index contributed by atoms with van der Waals surface area (Å²) in [5.74, 6) is -1.55. The number of sulfonamides is 1. The van der Waals surface area contributed by atoms with E-state index in [2.05, 4.69) is 15.4 Å². The maximum atomic E-state index is 14.0. The summed E-state index contributed by atoms with van der Waals surface area (Å²) in [6, 6.07) is 16.5. The lowest BCUT2D eigenvalue weighted by atomic mass is 9.95. The van der Waals surface area contributed by atoms with Gasteiger partial charge in [-0.05, 0) is 60.4 Å². The molecule has 0 aliphatic rings. The zero-order valence-electron chi connectivity index (χ0n) is 21.6.